The van der Waals surface area contributed by atoms with Gasteiger partial charge in [0, 0.05) is 22.7 Å². The van der Waals surface area contributed by atoms with Gasteiger partial charge in [0.05, 0.1) is 41.4 Å². The minimum atomic E-state index is -6.90. The number of hydrogen-bond acceptors (Lipinski definition) is 9. The van der Waals surface area contributed by atoms with Gasteiger partial charge in [-0.25, -0.2) is 22.5 Å². The molecule has 4 aromatic rings. The number of fused-ring (bicyclic) bond motifs is 4. The first kappa shape index (κ1) is 41.8. The number of nitrogens with zero attached hydrogens (tertiary/aromatic N) is 5. The Balaban J connectivity index is 1.19. The number of pyridine rings is 1. The fraction of sp³-hybridized carbons (Fsp3) is 0.500. The molecule has 6 heterocycles. The molecule has 0 spiro atoms. The van der Waals surface area contributed by atoms with E-state index in [1.54, 1.807) is 0 Å². The molecule has 2 aromatic heterocycles. The molecule has 4 unspecified atom stereocenters. The molecule has 5 atom stereocenters. The van der Waals surface area contributed by atoms with Crippen LogP contribution < -0.4 is 20.7 Å². The minimum absolute atomic E-state index is 0.00298. The van der Waals surface area contributed by atoms with Crippen LogP contribution in [0.5, 0.6) is 6.01 Å². The van der Waals surface area contributed by atoms with Crippen molar-refractivity contribution in [1.82, 2.24) is 25.2 Å². The van der Waals surface area contributed by atoms with E-state index in [1.807, 2.05) is 0 Å². The molecule has 8 rings (SSSR count). The van der Waals surface area contributed by atoms with Crippen LogP contribution in [0.2, 0.25) is 0 Å². The summed E-state index contributed by atoms with van der Waals surface area (Å²) in [5.74, 6) is 0.207. The standard InChI is InChI=1S/C38H32F13N7O2/c1-2-20-22(39)5-4-17-12-18(52)13-21(26(17)20)29-28(41)30-27-23(53-29)6-7-24-31(42)54-25(40)14-57(24)32(27)56-33(55-30)59-16-34-9-3-11-58(34)19(8-10-34)15-60-35(36(43,44)45,37(46,47)48)38(49,50)51/h1,4-5,12-13,19,24-25,31,54H,3,6-11,14-16,52H2/t19-,24?,25?,31?,34?/m0/s1. The van der Waals surface area contributed by atoms with Crippen molar-refractivity contribution in [2.24, 2.45) is 0 Å². The van der Waals surface area contributed by atoms with Gasteiger partial charge in [-0.2, -0.15) is 49.5 Å². The van der Waals surface area contributed by atoms with Crippen LogP contribution in [0, 0.1) is 24.0 Å². The molecule has 4 aliphatic rings. The van der Waals surface area contributed by atoms with Gasteiger partial charge in [0.2, 0.25) is 0 Å². The van der Waals surface area contributed by atoms with Crippen molar-refractivity contribution in [1.29, 1.82) is 0 Å². The van der Waals surface area contributed by atoms with Crippen LogP contribution in [0.15, 0.2) is 24.3 Å². The van der Waals surface area contributed by atoms with Crippen LogP contribution in [0.1, 0.15) is 43.4 Å². The van der Waals surface area contributed by atoms with Crippen molar-refractivity contribution in [2.75, 3.05) is 36.9 Å². The number of aryl methyl sites for hydroxylation is 1. The van der Waals surface area contributed by atoms with E-state index in [0.29, 0.717) is 11.8 Å². The molecule has 0 saturated carbocycles. The predicted molar refractivity (Wildman–Crippen MR) is 189 cm³/mol. The molecular formula is C38H32F13N7O2. The molecule has 3 fully saturated rings. The zero-order valence-electron chi connectivity index (χ0n) is 30.8. The second-order valence-electron chi connectivity index (χ2n) is 15.3. The quantitative estimate of drug-likeness (QED) is 0.0834. The number of hydrogen-bond donors (Lipinski definition) is 2. The van der Waals surface area contributed by atoms with Crippen molar-refractivity contribution in [3.05, 3.63) is 47.2 Å². The number of halogens is 13. The smallest absolute Gasteiger partial charge is 0.435 e. The molecule has 2 aromatic carbocycles. The highest BCUT2D eigenvalue weighted by Gasteiger charge is 2.85. The summed E-state index contributed by atoms with van der Waals surface area (Å²) in [5, 5.41) is 2.61. The number of nitrogens with two attached hydrogens (primary N) is 1. The van der Waals surface area contributed by atoms with E-state index in [4.69, 9.17) is 16.9 Å². The third-order valence-electron chi connectivity index (χ3n) is 11.9. The topological polar surface area (TPSA) is 102 Å². The number of aromatic nitrogens is 3. The number of alkyl halides is 11. The van der Waals surface area contributed by atoms with Crippen molar-refractivity contribution in [3.8, 4) is 29.6 Å². The highest BCUT2D eigenvalue weighted by atomic mass is 19.4. The fourth-order valence-electron chi connectivity index (χ4n) is 9.20. The minimum Gasteiger partial charge on any atom is -0.461 e. The Morgan fingerprint density at radius 2 is 1.65 bits per heavy atom. The van der Waals surface area contributed by atoms with Gasteiger partial charge < -0.3 is 20.1 Å². The molecule has 3 saturated heterocycles. The average molecular weight is 866 g/mol. The second kappa shape index (κ2) is 14.4. The number of benzene rings is 2. The van der Waals surface area contributed by atoms with E-state index in [-0.39, 0.29) is 83.4 Å². The van der Waals surface area contributed by atoms with Crippen molar-refractivity contribution >= 4 is 33.2 Å². The lowest BCUT2D eigenvalue weighted by Gasteiger charge is -2.40. The zero-order valence-corrected chi connectivity index (χ0v) is 30.8. The highest BCUT2D eigenvalue weighted by molar-refractivity contribution is 6.04. The maximum Gasteiger partial charge on any atom is 0.435 e. The lowest BCUT2D eigenvalue weighted by molar-refractivity contribution is -0.458. The maximum absolute atomic E-state index is 17.2. The summed E-state index contributed by atoms with van der Waals surface area (Å²) in [6.07, 6.45) is -18.5. The molecule has 4 aliphatic heterocycles. The molecule has 0 amide bonds. The molecule has 9 nitrogen and oxygen atoms in total. The predicted octanol–water partition coefficient (Wildman–Crippen LogP) is 7.82. The van der Waals surface area contributed by atoms with Gasteiger partial charge in [-0.1, -0.05) is 12.0 Å². The molecular weight excluding hydrogens is 833 g/mol. The van der Waals surface area contributed by atoms with Gasteiger partial charge in [-0.05, 0) is 68.7 Å². The van der Waals surface area contributed by atoms with Gasteiger partial charge in [0.25, 0.3) is 0 Å². The lowest BCUT2D eigenvalue weighted by atomic mass is 9.95. The monoisotopic (exact) mass is 865 g/mol. The summed E-state index contributed by atoms with van der Waals surface area (Å²) in [7, 11) is 0. The third-order valence-corrected chi connectivity index (χ3v) is 11.9. The first-order chi connectivity index (χ1) is 28.1. The number of nitrogens with one attached hydrogen (secondary N) is 1. The van der Waals surface area contributed by atoms with Gasteiger partial charge in [0.15, 0.2) is 18.4 Å². The highest BCUT2D eigenvalue weighted by Crippen LogP contribution is 2.56. The van der Waals surface area contributed by atoms with E-state index in [2.05, 4.69) is 30.9 Å². The van der Waals surface area contributed by atoms with Crippen LogP contribution in [-0.2, 0) is 11.2 Å². The second-order valence-corrected chi connectivity index (χ2v) is 15.3. The SMILES string of the molecule is C#Cc1c(F)ccc2cc(N)cc(-c3nc4c5c(nc(OCC67CCCN6[C@H](COC(C(F)(F)F)(C(F)(F)F)C(F)(F)F)CC7)nc5c3F)N3CC(F)NC(F)C3CC4)c12. The normalized spacial score (nSPS) is 25.0. The molecule has 3 N–H and O–H groups in total. The van der Waals surface area contributed by atoms with Crippen LogP contribution in [0.25, 0.3) is 32.9 Å². The van der Waals surface area contributed by atoms with E-state index in [9.17, 15) is 43.9 Å². The van der Waals surface area contributed by atoms with E-state index >= 15 is 13.2 Å². The van der Waals surface area contributed by atoms with E-state index in [1.165, 1.54) is 28.0 Å². The van der Waals surface area contributed by atoms with E-state index in [0.717, 1.165) is 6.07 Å². The third kappa shape index (κ3) is 6.49. The van der Waals surface area contributed by atoms with Gasteiger partial charge >= 0.3 is 30.1 Å². The van der Waals surface area contributed by atoms with Crippen molar-refractivity contribution in [3.63, 3.8) is 0 Å². The Hall–Kier alpha value is -4.88. The molecule has 322 valence electrons. The Morgan fingerprint density at radius 1 is 0.933 bits per heavy atom. The molecule has 60 heavy (non-hydrogen) atoms. The summed E-state index contributed by atoms with van der Waals surface area (Å²) < 4.78 is 195. The first-order valence-corrected chi connectivity index (χ1v) is 18.5. The van der Waals surface area contributed by atoms with Crippen LogP contribution in [-0.4, -0.2) is 100 Å². The summed E-state index contributed by atoms with van der Waals surface area (Å²) in [5.41, 5.74) is -2.22. The Kier molecular flexibility index (Phi) is 10.0. The Bertz CT molecular complexity index is 2370. The van der Waals surface area contributed by atoms with Crippen molar-refractivity contribution in [2.45, 2.75) is 92.9 Å². The molecule has 0 radical (unpaired) electrons. The van der Waals surface area contributed by atoms with Crippen molar-refractivity contribution < 1.29 is 66.5 Å². The summed E-state index contributed by atoms with van der Waals surface area (Å²) in [6.45, 7) is -2.45. The molecule has 0 aliphatic carbocycles. The Morgan fingerprint density at radius 3 is 2.33 bits per heavy atom. The number of rotatable bonds is 7. The van der Waals surface area contributed by atoms with Crippen LogP contribution in [0.4, 0.5) is 68.6 Å². The Labute approximate surface area is 331 Å². The average Bonchev–Trinajstić information content (AvgIpc) is 3.67. The number of ether oxygens (including phenoxy) is 2. The van der Waals surface area contributed by atoms with E-state index < -0.39 is 97.3 Å². The molecule has 0 bridgehead atoms. The summed E-state index contributed by atoms with van der Waals surface area (Å²) in [4.78, 5) is 16.1. The lowest BCUT2D eigenvalue weighted by Crippen LogP contribution is -2.68. The van der Waals surface area contributed by atoms with Crippen LogP contribution in [0.3, 0.4) is 0 Å². The fourth-order valence-corrected chi connectivity index (χ4v) is 9.20. The van der Waals surface area contributed by atoms with Gasteiger partial charge in [-0.15, -0.1) is 6.42 Å². The zero-order chi connectivity index (χ0) is 43.3. The largest absolute Gasteiger partial charge is 0.461 e. The number of terminal acetylenes is 1. The number of anilines is 2. The first-order valence-electron chi connectivity index (χ1n) is 18.5. The maximum atomic E-state index is 17.2. The summed E-state index contributed by atoms with van der Waals surface area (Å²) >= 11 is 0. The van der Waals surface area contributed by atoms with Gasteiger partial charge in [-0.3, -0.25) is 10.2 Å². The molecule has 22 heteroatoms. The van der Waals surface area contributed by atoms with Crippen LogP contribution >= 0.6 is 0 Å². The summed E-state index contributed by atoms with van der Waals surface area (Å²) in [6, 6.07) is 2.37. The number of nitrogen functional groups attached to an aromatic ring is 1. The number of piperazine rings is 1. The van der Waals surface area contributed by atoms with Gasteiger partial charge in [0.1, 0.15) is 29.5 Å².